The summed E-state index contributed by atoms with van der Waals surface area (Å²) in [6, 6.07) is 17.4. The number of ether oxygens (including phenoxy) is 1. The smallest absolute Gasteiger partial charge is 0.338 e. The highest BCUT2D eigenvalue weighted by Crippen LogP contribution is 2.10. The monoisotopic (exact) mass is 297 g/mol. The molecule has 0 heterocycles. The Morgan fingerprint density at radius 3 is 2.14 bits per heavy atom. The molecule has 0 saturated heterocycles. The van der Waals surface area contributed by atoms with Crippen molar-refractivity contribution in [1.82, 2.24) is 4.90 Å². The standard InChI is InChI=1S/C19H23NO2/c1-3-20(4-2)14-16-10-12-18(13-11-16)19(21)22-15-17-8-6-5-7-9-17/h5-13H,3-4,14-15H2,1-2H3. The van der Waals surface area contributed by atoms with Crippen LogP contribution in [0.25, 0.3) is 0 Å². The van der Waals surface area contributed by atoms with Gasteiger partial charge in [0.2, 0.25) is 0 Å². The molecule has 0 spiro atoms. The van der Waals surface area contributed by atoms with E-state index < -0.39 is 0 Å². The van der Waals surface area contributed by atoms with Gasteiger partial charge in [-0.3, -0.25) is 4.90 Å². The van der Waals surface area contributed by atoms with Crippen molar-refractivity contribution < 1.29 is 9.53 Å². The molecule has 2 aromatic rings. The van der Waals surface area contributed by atoms with Gasteiger partial charge < -0.3 is 4.74 Å². The van der Waals surface area contributed by atoms with E-state index in [1.54, 1.807) is 0 Å². The van der Waals surface area contributed by atoms with Crippen LogP contribution in [0.5, 0.6) is 0 Å². The van der Waals surface area contributed by atoms with E-state index in [1.165, 1.54) is 5.56 Å². The van der Waals surface area contributed by atoms with E-state index in [-0.39, 0.29) is 5.97 Å². The van der Waals surface area contributed by atoms with Gasteiger partial charge in [0.1, 0.15) is 6.61 Å². The van der Waals surface area contributed by atoms with E-state index in [2.05, 4.69) is 18.7 Å². The Kier molecular flexibility index (Phi) is 6.16. The molecule has 2 rings (SSSR count). The molecule has 0 aliphatic carbocycles. The second-order valence-corrected chi connectivity index (χ2v) is 5.22. The zero-order valence-electron chi connectivity index (χ0n) is 13.3. The van der Waals surface area contributed by atoms with Crippen LogP contribution in [0.4, 0.5) is 0 Å². The maximum absolute atomic E-state index is 12.0. The summed E-state index contributed by atoms with van der Waals surface area (Å²) in [5.74, 6) is -0.279. The second kappa shape index (κ2) is 8.35. The fraction of sp³-hybridized carbons (Fsp3) is 0.316. The lowest BCUT2D eigenvalue weighted by Crippen LogP contribution is -2.22. The summed E-state index contributed by atoms with van der Waals surface area (Å²) in [6.45, 7) is 7.57. The van der Waals surface area contributed by atoms with Gasteiger partial charge in [-0.15, -0.1) is 0 Å². The van der Waals surface area contributed by atoms with Gasteiger partial charge in [0.25, 0.3) is 0 Å². The molecule has 0 amide bonds. The molecule has 0 aliphatic rings. The molecule has 0 saturated carbocycles. The van der Waals surface area contributed by atoms with E-state index in [0.717, 1.165) is 25.2 Å². The van der Waals surface area contributed by atoms with Gasteiger partial charge in [-0.05, 0) is 36.3 Å². The molecule has 0 atom stereocenters. The minimum Gasteiger partial charge on any atom is -0.457 e. The first-order valence-corrected chi connectivity index (χ1v) is 7.75. The Morgan fingerprint density at radius 1 is 0.909 bits per heavy atom. The molecule has 3 heteroatoms. The summed E-state index contributed by atoms with van der Waals surface area (Å²) in [7, 11) is 0. The quantitative estimate of drug-likeness (QED) is 0.726. The molecule has 116 valence electrons. The number of nitrogens with zero attached hydrogens (tertiary/aromatic N) is 1. The molecule has 22 heavy (non-hydrogen) atoms. The van der Waals surface area contributed by atoms with Gasteiger partial charge in [0, 0.05) is 6.54 Å². The Bertz CT molecular complexity index is 574. The minimum atomic E-state index is -0.279. The number of carbonyl (C=O) groups excluding carboxylic acids is 1. The normalized spacial score (nSPS) is 10.7. The third-order valence-electron chi connectivity index (χ3n) is 3.70. The average molecular weight is 297 g/mol. The van der Waals surface area contributed by atoms with Crippen molar-refractivity contribution >= 4 is 5.97 Å². The van der Waals surface area contributed by atoms with E-state index in [4.69, 9.17) is 4.74 Å². The third kappa shape index (κ3) is 4.71. The second-order valence-electron chi connectivity index (χ2n) is 5.22. The van der Waals surface area contributed by atoms with Gasteiger partial charge >= 0.3 is 5.97 Å². The van der Waals surface area contributed by atoms with E-state index in [9.17, 15) is 4.79 Å². The highest BCUT2D eigenvalue weighted by Gasteiger charge is 2.08. The molecular formula is C19H23NO2. The van der Waals surface area contributed by atoms with Gasteiger partial charge in [0.05, 0.1) is 5.56 Å². The molecule has 0 N–H and O–H groups in total. The lowest BCUT2D eigenvalue weighted by Gasteiger charge is -2.17. The Labute approximate surface area is 132 Å². The minimum absolute atomic E-state index is 0.279. The van der Waals surface area contributed by atoms with Crippen LogP contribution in [-0.2, 0) is 17.9 Å². The highest BCUT2D eigenvalue weighted by molar-refractivity contribution is 5.89. The van der Waals surface area contributed by atoms with Crippen LogP contribution in [0.1, 0.15) is 35.3 Å². The Balaban J connectivity index is 1.90. The first-order chi connectivity index (χ1) is 10.7. The fourth-order valence-electron chi connectivity index (χ4n) is 2.26. The summed E-state index contributed by atoms with van der Waals surface area (Å²) in [4.78, 5) is 14.4. The van der Waals surface area contributed by atoms with Crippen molar-refractivity contribution in [1.29, 1.82) is 0 Å². The van der Waals surface area contributed by atoms with Crippen molar-refractivity contribution in [3.63, 3.8) is 0 Å². The molecule has 0 fully saturated rings. The SMILES string of the molecule is CCN(CC)Cc1ccc(C(=O)OCc2ccccc2)cc1. The molecule has 0 aliphatic heterocycles. The van der Waals surface area contributed by atoms with Crippen LogP contribution in [-0.4, -0.2) is 24.0 Å². The lowest BCUT2D eigenvalue weighted by molar-refractivity contribution is 0.0472. The van der Waals surface area contributed by atoms with E-state index in [1.807, 2.05) is 54.6 Å². The highest BCUT2D eigenvalue weighted by atomic mass is 16.5. The Morgan fingerprint density at radius 2 is 1.55 bits per heavy atom. The van der Waals surface area contributed by atoms with E-state index >= 15 is 0 Å². The fourth-order valence-corrected chi connectivity index (χ4v) is 2.26. The van der Waals surface area contributed by atoms with Crippen molar-refractivity contribution in [2.45, 2.75) is 27.0 Å². The zero-order valence-corrected chi connectivity index (χ0v) is 13.3. The van der Waals surface area contributed by atoms with Crippen LogP contribution in [0.2, 0.25) is 0 Å². The van der Waals surface area contributed by atoms with Crippen molar-refractivity contribution in [3.05, 3.63) is 71.3 Å². The van der Waals surface area contributed by atoms with Crippen LogP contribution < -0.4 is 0 Å². The van der Waals surface area contributed by atoms with Gasteiger partial charge in [-0.2, -0.15) is 0 Å². The van der Waals surface area contributed by atoms with Crippen molar-refractivity contribution in [2.24, 2.45) is 0 Å². The molecule has 0 bridgehead atoms. The lowest BCUT2D eigenvalue weighted by atomic mass is 10.1. The molecule has 0 aromatic heterocycles. The van der Waals surface area contributed by atoms with Gasteiger partial charge in [0.15, 0.2) is 0 Å². The van der Waals surface area contributed by atoms with Crippen LogP contribution in [0.15, 0.2) is 54.6 Å². The van der Waals surface area contributed by atoms with Crippen molar-refractivity contribution in [2.75, 3.05) is 13.1 Å². The summed E-state index contributed by atoms with van der Waals surface area (Å²) < 4.78 is 5.33. The molecule has 0 radical (unpaired) electrons. The summed E-state index contributed by atoms with van der Waals surface area (Å²) in [5, 5.41) is 0. The first kappa shape index (κ1) is 16.2. The van der Waals surface area contributed by atoms with Crippen molar-refractivity contribution in [3.8, 4) is 0 Å². The number of benzene rings is 2. The number of hydrogen-bond acceptors (Lipinski definition) is 3. The molecule has 3 nitrogen and oxygen atoms in total. The maximum atomic E-state index is 12.0. The molecule has 2 aromatic carbocycles. The summed E-state index contributed by atoms with van der Waals surface area (Å²) in [5.41, 5.74) is 2.80. The zero-order chi connectivity index (χ0) is 15.8. The summed E-state index contributed by atoms with van der Waals surface area (Å²) >= 11 is 0. The number of carbonyl (C=O) groups is 1. The van der Waals surface area contributed by atoms with Crippen LogP contribution >= 0.6 is 0 Å². The topological polar surface area (TPSA) is 29.5 Å². The van der Waals surface area contributed by atoms with Gasteiger partial charge in [-0.1, -0.05) is 56.3 Å². The molecular weight excluding hydrogens is 274 g/mol. The van der Waals surface area contributed by atoms with Crippen LogP contribution in [0, 0.1) is 0 Å². The number of esters is 1. The number of hydrogen-bond donors (Lipinski definition) is 0. The molecule has 0 unspecified atom stereocenters. The maximum Gasteiger partial charge on any atom is 0.338 e. The number of rotatable bonds is 7. The van der Waals surface area contributed by atoms with Gasteiger partial charge in [-0.25, -0.2) is 4.79 Å². The average Bonchev–Trinajstić information content (AvgIpc) is 2.59. The predicted octanol–water partition coefficient (Wildman–Crippen LogP) is 3.89. The van der Waals surface area contributed by atoms with Crippen LogP contribution in [0.3, 0.4) is 0 Å². The third-order valence-corrected chi connectivity index (χ3v) is 3.70. The first-order valence-electron chi connectivity index (χ1n) is 7.75. The van der Waals surface area contributed by atoms with E-state index in [0.29, 0.717) is 12.2 Å². The predicted molar refractivity (Wildman–Crippen MR) is 88.6 cm³/mol. The Hall–Kier alpha value is -2.13. The summed E-state index contributed by atoms with van der Waals surface area (Å²) in [6.07, 6.45) is 0. The largest absolute Gasteiger partial charge is 0.457 e.